The van der Waals surface area contributed by atoms with E-state index in [4.69, 9.17) is 0 Å². The van der Waals surface area contributed by atoms with Crippen LogP contribution in [0.25, 0.3) is 5.57 Å². The summed E-state index contributed by atoms with van der Waals surface area (Å²) in [6.07, 6.45) is 5.90. The molecule has 9 heteroatoms. The van der Waals surface area contributed by atoms with Crippen LogP contribution in [0.15, 0.2) is 30.3 Å². The number of nitrogens with zero attached hydrogens (tertiary/aromatic N) is 1. The Balaban J connectivity index is 1.86. The fourth-order valence-electron chi connectivity index (χ4n) is 3.55. The van der Waals surface area contributed by atoms with Gasteiger partial charge in [0.25, 0.3) is 10.2 Å². The summed E-state index contributed by atoms with van der Waals surface area (Å²) < 4.78 is 53.9. The van der Waals surface area contributed by atoms with Crippen molar-refractivity contribution < 1.29 is 16.8 Å². The van der Waals surface area contributed by atoms with Gasteiger partial charge in [0.15, 0.2) is 0 Å². The predicted molar refractivity (Wildman–Crippen MR) is 127 cm³/mol. The van der Waals surface area contributed by atoms with E-state index in [1.165, 1.54) is 29.5 Å². The minimum Gasteiger partial charge on any atom is -0.215 e. The zero-order valence-electron chi connectivity index (χ0n) is 19.3. The molecule has 0 saturated heterocycles. The van der Waals surface area contributed by atoms with E-state index in [2.05, 4.69) is 46.7 Å². The number of allylic oxidation sites excluding steroid dienone is 2. The van der Waals surface area contributed by atoms with Gasteiger partial charge in [0.05, 0.1) is 5.25 Å². The van der Waals surface area contributed by atoms with E-state index in [1.807, 2.05) is 0 Å². The van der Waals surface area contributed by atoms with Gasteiger partial charge in [-0.25, -0.2) is 17.9 Å². The maximum atomic E-state index is 12.0. The molecule has 0 fully saturated rings. The molecule has 1 aromatic carbocycles. The van der Waals surface area contributed by atoms with E-state index in [0.717, 1.165) is 24.8 Å². The molecular formula is C22H37N3O4S2. The first-order valence-electron chi connectivity index (χ1n) is 10.9. The van der Waals surface area contributed by atoms with Crippen LogP contribution in [0.1, 0.15) is 51.2 Å². The molecule has 1 aliphatic rings. The number of sulfonamides is 1. The molecule has 0 amide bonds. The summed E-state index contributed by atoms with van der Waals surface area (Å²) in [5, 5.41) is -0.409. The highest BCUT2D eigenvalue weighted by Gasteiger charge is 2.23. The highest BCUT2D eigenvalue weighted by Crippen LogP contribution is 2.34. The van der Waals surface area contributed by atoms with E-state index in [1.54, 1.807) is 13.8 Å². The summed E-state index contributed by atoms with van der Waals surface area (Å²) in [4.78, 5) is 0. The van der Waals surface area contributed by atoms with Crippen molar-refractivity contribution in [2.24, 2.45) is 11.8 Å². The normalized spacial score (nSPS) is 18.9. The van der Waals surface area contributed by atoms with Gasteiger partial charge in [0, 0.05) is 27.2 Å². The van der Waals surface area contributed by atoms with Crippen LogP contribution in [0.3, 0.4) is 0 Å². The van der Waals surface area contributed by atoms with Crippen LogP contribution in [0, 0.1) is 11.8 Å². The SMILES string of the molecule is CC(CNS(=O)(=O)C(C)C)C1CC=C(c2ccc(CCNS(=O)(=O)N(C)C)cc2)CC1. The van der Waals surface area contributed by atoms with Crippen molar-refractivity contribution in [3.8, 4) is 0 Å². The van der Waals surface area contributed by atoms with Crippen molar-refractivity contribution in [1.82, 2.24) is 13.7 Å². The average molecular weight is 472 g/mol. The van der Waals surface area contributed by atoms with Gasteiger partial charge in [-0.3, -0.25) is 0 Å². The smallest absolute Gasteiger partial charge is 0.215 e. The molecule has 31 heavy (non-hydrogen) atoms. The molecule has 2 rings (SSSR count). The summed E-state index contributed by atoms with van der Waals surface area (Å²) >= 11 is 0. The third-order valence-electron chi connectivity index (χ3n) is 5.99. The lowest BCUT2D eigenvalue weighted by Crippen LogP contribution is -2.36. The fraction of sp³-hybridized carbons (Fsp3) is 0.636. The Bertz CT molecular complexity index is 953. The van der Waals surface area contributed by atoms with Crippen LogP contribution < -0.4 is 9.44 Å². The van der Waals surface area contributed by atoms with Gasteiger partial charge in [-0.2, -0.15) is 12.7 Å². The molecule has 0 bridgehead atoms. The van der Waals surface area contributed by atoms with E-state index >= 15 is 0 Å². The molecular weight excluding hydrogens is 434 g/mol. The summed E-state index contributed by atoms with van der Waals surface area (Å²) in [5.74, 6) is 0.766. The van der Waals surface area contributed by atoms with Crippen LogP contribution in [-0.2, 0) is 26.7 Å². The molecule has 0 spiro atoms. The molecule has 176 valence electrons. The predicted octanol–water partition coefficient (Wildman–Crippen LogP) is 2.77. The summed E-state index contributed by atoms with van der Waals surface area (Å²) in [6, 6.07) is 8.30. The Morgan fingerprint density at radius 1 is 1.03 bits per heavy atom. The monoisotopic (exact) mass is 471 g/mol. The molecule has 2 unspecified atom stereocenters. The van der Waals surface area contributed by atoms with Crippen molar-refractivity contribution in [3.05, 3.63) is 41.5 Å². The summed E-state index contributed by atoms with van der Waals surface area (Å²) in [7, 11) is -3.59. The van der Waals surface area contributed by atoms with Gasteiger partial charge in [0.2, 0.25) is 10.0 Å². The molecule has 0 saturated carbocycles. The Labute approximate surface area is 188 Å². The lowest BCUT2D eigenvalue weighted by atomic mass is 9.80. The minimum atomic E-state index is -3.39. The zero-order chi connectivity index (χ0) is 23.2. The average Bonchev–Trinajstić information content (AvgIpc) is 2.72. The first-order valence-corrected chi connectivity index (χ1v) is 13.8. The first-order chi connectivity index (χ1) is 14.4. The lowest BCUT2D eigenvalue weighted by Gasteiger charge is -2.28. The van der Waals surface area contributed by atoms with Gasteiger partial charge in [-0.1, -0.05) is 37.3 Å². The number of nitrogens with one attached hydrogen (secondary N) is 2. The highest BCUT2D eigenvalue weighted by molar-refractivity contribution is 7.90. The van der Waals surface area contributed by atoms with Crippen LogP contribution >= 0.6 is 0 Å². The third kappa shape index (κ3) is 7.68. The molecule has 2 N–H and O–H groups in total. The van der Waals surface area contributed by atoms with Crippen molar-refractivity contribution >= 4 is 25.8 Å². The third-order valence-corrected chi connectivity index (χ3v) is 9.33. The topological polar surface area (TPSA) is 95.6 Å². The molecule has 1 aromatic rings. The molecule has 1 aliphatic carbocycles. The van der Waals surface area contributed by atoms with Crippen molar-refractivity contribution in [1.29, 1.82) is 0 Å². The molecule has 0 aliphatic heterocycles. The van der Waals surface area contributed by atoms with Crippen LogP contribution in [0.5, 0.6) is 0 Å². The molecule has 7 nitrogen and oxygen atoms in total. The molecule has 2 atom stereocenters. The second-order valence-electron chi connectivity index (χ2n) is 8.81. The largest absolute Gasteiger partial charge is 0.278 e. The fourth-order valence-corrected chi connectivity index (χ4v) is 5.00. The maximum absolute atomic E-state index is 12.0. The highest BCUT2D eigenvalue weighted by atomic mass is 32.2. The van der Waals surface area contributed by atoms with Crippen molar-refractivity contribution in [3.63, 3.8) is 0 Å². The van der Waals surface area contributed by atoms with Crippen LogP contribution in [0.2, 0.25) is 0 Å². The standard InChI is InChI=1S/C22H37N3O4S2/c1-17(2)30(26,27)24-16-18(3)20-10-12-22(13-11-20)21-8-6-19(7-9-21)14-15-23-31(28,29)25(4)5/h6-9,12,17-18,20,23-24H,10-11,13-16H2,1-5H3. The van der Waals surface area contributed by atoms with Gasteiger partial charge in [-0.15, -0.1) is 0 Å². The van der Waals surface area contributed by atoms with Crippen molar-refractivity contribution in [2.75, 3.05) is 27.2 Å². The van der Waals surface area contributed by atoms with Gasteiger partial charge in [-0.05, 0) is 68.1 Å². The lowest BCUT2D eigenvalue weighted by molar-refractivity contribution is 0.334. The summed E-state index contributed by atoms with van der Waals surface area (Å²) in [6.45, 7) is 6.35. The Kier molecular flexibility index (Phi) is 9.27. The number of benzene rings is 1. The first kappa shape index (κ1) is 26.0. The number of hydrogen-bond donors (Lipinski definition) is 2. The van der Waals surface area contributed by atoms with Crippen LogP contribution in [0.4, 0.5) is 0 Å². The van der Waals surface area contributed by atoms with Crippen molar-refractivity contribution in [2.45, 2.75) is 51.7 Å². The van der Waals surface area contributed by atoms with E-state index < -0.39 is 25.5 Å². The Hall–Kier alpha value is -1.26. The Morgan fingerprint density at radius 2 is 1.68 bits per heavy atom. The number of rotatable bonds is 11. The zero-order valence-corrected chi connectivity index (χ0v) is 20.9. The Morgan fingerprint density at radius 3 is 2.19 bits per heavy atom. The second kappa shape index (κ2) is 11.0. The molecule has 0 heterocycles. The van der Waals surface area contributed by atoms with Gasteiger partial charge < -0.3 is 0 Å². The van der Waals surface area contributed by atoms with Gasteiger partial charge in [0.1, 0.15) is 0 Å². The summed E-state index contributed by atoms with van der Waals surface area (Å²) in [5.41, 5.74) is 3.61. The maximum Gasteiger partial charge on any atom is 0.278 e. The van der Waals surface area contributed by atoms with E-state index in [0.29, 0.717) is 31.3 Å². The van der Waals surface area contributed by atoms with Crippen LogP contribution in [-0.4, -0.2) is 53.6 Å². The van der Waals surface area contributed by atoms with E-state index in [9.17, 15) is 16.8 Å². The minimum absolute atomic E-state index is 0.291. The van der Waals surface area contributed by atoms with E-state index in [-0.39, 0.29) is 0 Å². The quantitative estimate of drug-likeness (QED) is 0.519. The van der Waals surface area contributed by atoms with Gasteiger partial charge >= 0.3 is 0 Å². The second-order valence-corrected chi connectivity index (χ2v) is 13.1. The molecule has 0 aromatic heterocycles. The molecule has 0 radical (unpaired) electrons. The number of hydrogen-bond acceptors (Lipinski definition) is 4.